The molecule has 5 heteroatoms. The van der Waals surface area contributed by atoms with Crippen LogP contribution in [0.1, 0.15) is 27.2 Å². The highest BCUT2D eigenvalue weighted by atomic mass is 16.2. The lowest BCUT2D eigenvalue weighted by molar-refractivity contribution is -0.118. The molecular formula is C20H24N4O. The first kappa shape index (κ1) is 17.2. The Morgan fingerprint density at radius 2 is 1.92 bits per heavy atom. The minimum atomic E-state index is -0.514. The molecule has 0 aliphatic rings. The molecular weight excluding hydrogens is 312 g/mol. The number of carbonyl (C=O) groups is 1. The van der Waals surface area contributed by atoms with Crippen LogP contribution in [0.25, 0.3) is 22.2 Å². The number of benzene rings is 1. The van der Waals surface area contributed by atoms with Crippen LogP contribution in [0.5, 0.6) is 0 Å². The number of pyridine rings is 1. The highest BCUT2D eigenvalue weighted by Gasteiger charge is 2.21. The van der Waals surface area contributed by atoms with Crippen LogP contribution in [0.3, 0.4) is 0 Å². The normalized spacial score (nSPS) is 13.0. The second kappa shape index (κ2) is 6.69. The molecule has 3 aromatic rings. The van der Waals surface area contributed by atoms with Crippen molar-refractivity contribution in [3.63, 3.8) is 0 Å². The first-order valence-corrected chi connectivity index (χ1v) is 8.42. The molecule has 4 N–H and O–H groups in total. The van der Waals surface area contributed by atoms with Gasteiger partial charge < -0.3 is 16.0 Å². The van der Waals surface area contributed by atoms with Crippen LogP contribution in [0.15, 0.2) is 48.8 Å². The topological polar surface area (TPSA) is 83.8 Å². The van der Waals surface area contributed by atoms with Gasteiger partial charge in [-0.25, -0.2) is 4.98 Å². The fourth-order valence-corrected chi connectivity index (χ4v) is 2.93. The molecule has 25 heavy (non-hydrogen) atoms. The third kappa shape index (κ3) is 4.06. The van der Waals surface area contributed by atoms with E-state index in [0.29, 0.717) is 6.42 Å². The molecule has 5 nitrogen and oxygen atoms in total. The van der Waals surface area contributed by atoms with Crippen LogP contribution in [0.4, 0.5) is 5.69 Å². The maximum Gasteiger partial charge on any atom is 0.241 e. The molecule has 3 rings (SSSR count). The average Bonchev–Trinajstić information content (AvgIpc) is 3.02. The zero-order chi connectivity index (χ0) is 18.0. The summed E-state index contributed by atoms with van der Waals surface area (Å²) in [6.07, 6.45) is 4.31. The highest BCUT2D eigenvalue weighted by Crippen LogP contribution is 2.28. The SMILES string of the molecule is CC(C)(C)C[C@@H](N)C(=O)Nc1ccc(-c2ccnc3[nH]ccc23)cc1. The maximum absolute atomic E-state index is 12.2. The molecule has 0 saturated heterocycles. The summed E-state index contributed by atoms with van der Waals surface area (Å²) in [6, 6.07) is 11.3. The van der Waals surface area contributed by atoms with Gasteiger partial charge in [-0.3, -0.25) is 4.79 Å². The van der Waals surface area contributed by atoms with Gasteiger partial charge in [0.15, 0.2) is 0 Å². The second-order valence-electron chi connectivity index (χ2n) is 7.54. The minimum Gasteiger partial charge on any atom is -0.346 e. The number of H-pyrrole nitrogens is 1. The van der Waals surface area contributed by atoms with Crippen molar-refractivity contribution >= 4 is 22.6 Å². The van der Waals surface area contributed by atoms with Gasteiger partial charge in [0.2, 0.25) is 5.91 Å². The van der Waals surface area contributed by atoms with Gasteiger partial charge >= 0.3 is 0 Å². The standard InChI is InChI=1S/C20H24N4O/c1-20(2,3)12-17(21)19(25)24-14-6-4-13(5-7-14)15-8-10-22-18-16(15)9-11-23-18/h4-11,17H,12,21H2,1-3H3,(H,22,23)(H,24,25)/t17-/m1/s1. The number of nitrogens with one attached hydrogen (secondary N) is 2. The number of nitrogens with zero attached hydrogens (tertiary/aromatic N) is 1. The Hall–Kier alpha value is -2.66. The molecule has 0 fully saturated rings. The number of carbonyl (C=O) groups excluding carboxylic acids is 1. The van der Waals surface area contributed by atoms with Crippen LogP contribution < -0.4 is 11.1 Å². The summed E-state index contributed by atoms with van der Waals surface area (Å²) in [6.45, 7) is 6.22. The van der Waals surface area contributed by atoms with Crippen molar-refractivity contribution in [1.29, 1.82) is 0 Å². The van der Waals surface area contributed by atoms with Gasteiger partial charge in [-0.1, -0.05) is 32.9 Å². The zero-order valence-electron chi connectivity index (χ0n) is 14.8. The number of rotatable bonds is 4. The fraction of sp³-hybridized carbons (Fsp3) is 0.300. The lowest BCUT2D eigenvalue weighted by atomic mass is 9.88. The van der Waals surface area contributed by atoms with E-state index in [9.17, 15) is 4.79 Å². The Kier molecular flexibility index (Phi) is 4.59. The van der Waals surface area contributed by atoms with Crippen molar-refractivity contribution in [2.24, 2.45) is 11.1 Å². The van der Waals surface area contributed by atoms with E-state index in [2.05, 4.69) is 36.1 Å². The summed E-state index contributed by atoms with van der Waals surface area (Å²) in [7, 11) is 0. The van der Waals surface area contributed by atoms with E-state index in [1.807, 2.05) is 42.6 Å². The van der Waals surface area contributed by atoms with Crippen molar-refractivity contribution in [1.82, 2.24) is 9.97 Å². The van der Waals surface area contributed by atoms with Gasteiger partial charge in [-0.05, 0) is 47.2 Å². The number of amides is 1. The van der Waals surface area contributed by atoms with E-state index in [0.717, 1.165) is 27.8 Å². The van der Waals surface area contributed by atoms with E-state index in [1.54, 1.807) is 6.20 Å². The van der Waals surface area contributed by atoms with Crippen molar-refractivity contribution in [3.05, 3.63) is 48.8 Å². The summed E-state index contributed by atoms with van der Waals surface area (Å²) in [4.78, 5) is 19.7. The molecule has 130 valence electrons. The molecule has 0 aliphatic heterocycles. The molecule has 2 heterocycles. The highest BCUT2D eigenvalue weighted by molar-refractivity contribution is 5.96. The Labute approximate surface area is 147 Å². The van der Waals surface area contributed by atoms with Crippen molar-refractivity contribution in [3.8, 4) is 11.1 Å². The zero-order valence-corrected chi connectivity index (χ0v) is 14.8. The van der Waals surface area contributed by atoms with Crippen LogP contribution >= 0.6 is 0 Å². The van der Waals surface area contributed by atoms with Crippen molar-refractivity contribution < 1.29 is 4.79 Å². The van der Waals surface area contributed by atoms with Crippen LogP contribution in [-0.4, -0.2) is 21.9 Å². The quantitative estimate of drug-likeness (QED) is 0.675. The van der Waals surface area contributed by atoms with E-state index in [1.165, 1.54) is 0 Å². The lowest BCUT2D eigenvalue weighted by Crippen LogP contribution is -2.38. The van der Waals surface area contributed by atoms with Gasteiger partial charge in [0.1, 0.15) is 5.65 Å². The number of hydrogen-bond acceptors (Lipinski definition) is 3. The minimum absolute atomic E-state index is 0.0177. The number of nitrogens with two attached hydrogens (primary N) is 1. The summed E-state index contributed by atoms with van der Waals surface area (Å²) >= 11 is 0. The van der Waals surface area contributed by atoms with E-state index < -0.39 is 6.04 Å². The average molecular weight is 336 g/mol. The first-order chi connectivity index (χ1) is 11.8. The largest absolute Gasteiger partial charge is 0.346 e. The van der Waals surface area contributed by atoms with E-state index >= 15 is 0 Å². The van der Waals surface area contributed by atoms with Crippen LogP contribution in [-0.2, 0) is 4.79 Å². The van der Waals surface area contributed by atoms with Crippen LogP contribution in [0.2, 0.25) is 0 Å². The molecule has 2 aromatic heterocycles. The van der Waals surface area contributed by atoms with Gasteiger partial charge in [0.05, 0.1) is 6.04 Å². The number of aromatic amines is 1. The van der Waals surface area contributed by atoms with E-state index in [4.69, 9.17) is 5.73 Å². The third-order valence-electron chi connectivity index (χ3n) is 4.09. The smallest absolute Gasteiger partial charge is 0.241 e. The van der Waals surface area contributed by atoms with Gasteiger partial charge in [-0.2, -0.15) is 0 Å². The summed E-state index contributed by atoms with van der Waals surface area (Å²) < 4.78 is 0. The van der Waals surface area contributed by atoms with Crippen molar-refractivity contribution in [2.45, 2.75) is 33.2 Å². The maximum atomic E-state index is 12.2. The number of fused-ring (bicyclic) bond motifs is 1. The van der Waals surface area contributed by atoms with Crippen LogP contribution in [0, 0.1) is 5.41 Å². The third-order valence-corrected chi connectivity index (χ3v) is 4.09. The Balaban J connectivity index is 1.75. The van der Waals surface area contributed by atoms with E-state index in [-0.39, 0.29) is 11.3 Å². The molecule has 0 bridgehead atoms. The second-order valence-corrected chi connectivity index (χ2v) is 7.54. The molecule has 0 aliphatic carbocycles. The van der Waals surface area contributed by atoms with Gasteiger partial charge in [0, 0.05) is 23.5 Å². The molecule has 0 unspecified atom stereocenters. The lowest BCUT2D eigenvalue weighted by Gasteiger charge is -2.22. The first-order valence-electron chi connectivity index (χ1n) is 8.42. The predicted octanol–water partition coefficient (Wildman–Crippen LogP) is 3.93. The molecule has 1 amide bonds. The Bertz CT molecular complexity index is 875. The number of aromatic nitrogens is 2. The predicted molar refractivity (Wildman–Crippen MR) is 102 cm³/mol. The molecule has 0 spiro atoms. The Morgan fingerprint density at radius 3 is 2.60 bits per heavy atom. The summed E-state index contributed by atoms with van der Waals surface area (Å²) in [5.41, 5.74) is 9.81. The number of hydrogen-bond donors (Lipinski definition) is 3. The summed E-state index contributed by atoms with van der Waals surface area (Å²) in [5, 5.41) is 3.97. The summed E-state index contributed by atoms with van der Waals surface area (Å²) in [5.74, 6) is -0.153. The monoisotopic (exact) mass is 336 g/mol. The molecule has 1 aromatic carbocycles. The fourth-order valence-electron chi connectivity index (χ4n) is 2.93. The Morgan fingerprint density at radius 1 is 1.20 bits per heavy atom. The van der Waals surface area contributed by atoms with Gasteiger partial charge in [-0.15, -0.1) is 0 Å². The molecule has 1 atom stereocenters. The van der Waals surface area contributed by atoms with Gasteiger partial charge in [0.25, 0.3) is 0 Å². The molecule has 0 radical (unpaired) electrons. The number of anilines is 1. The molecule has 0 saturated carbocycles. The van der Waals surface area contributed by atoms with Crippen molar-refractivity contribution in [2.75, 3.05) is 5.32 Å².